The summed E-state index contributed by atoms with van der Waals surface area (Å²) in [6.07, 6.45) is 3.52. The van der Waals surface area contributed by atoms with Crippen molar-refractivity contribution in [1.82, 2.24) is 9.55 Å². The van der Waals surface area contributed by atoms with Gasteiger partial charge in [-0.2, -0.15) is 0 Å². The number of hydrogen-bond donors (Lipinski definition) is 1. The Hall–Kier alpha value is -0.620. The molecule has 18 heavy (non-hydrogen) atoms. The minimum absolute atomic E-state index is 0.0169. The first-order chi connectivity index (χ1) is 8.21. The molecule has 6 heteroatoms. The van der Waals surface area contributed by atoms with Gasteiger partial charge < -0.3 is 9.55 Å². The van der Waals surface area contributed by atoms with Crippen molar-refractivity contribution in [2.75, 3.05) is 11.5 Å². The van der Waals surface area contributed by atoms with Crippen molar-refractivity contribution in [3.05, 3.63) is 16.7 Å². The lowest BCUT2D eigenvalue weighted by Crippen LogP contribution is -2.30. The van der Waals surface area contributed by atoms with Gasteiger partial charge >= 0.3 is 0 Å². The van der Waals surface area contributed by atoms with Crippen molar-refractivity contribution < 1.29 is 8.42 Å². The van der Waals surface area contributed by atoms with Crippen molar-refractivity contribution in [3.63, 3.8) is 0 Å². The smallest absolute Gasteiger partial charge is 0.177 e. The molecule has 2 heterocycles. The molecule has 1 fully saturated rings. The lowest BCUT2D eigenvalue weighted by molar-refractivity contribution is 0.423. The van der Waals surface area contributed by atoms with Gasteiger partial charge in [-0.05, 0) is 25.1 Å². The Morgan fingerprint density at radius 2 is 2.11 bits per heavy atom. The molecule has 0 bridgehead atoms. The second kappa shape index (κ2) is 4.49. The van der Waals surface area contributed by atoms with E-state index in [4.69, 9.17) is 12.2 Å². The minimum atomic E-state index is -2.92. The average Bonchev–Trinajstić information content (AvgIpc) is 2.58. The van der Waals surface area contributed by atoms with E-state index in [0.717, 1.165) is 18.5 Å². The molecule has 102 valence electrons. The van der Waals surface area contributed by atoms with Crippen LogP contribution < -0.4 is 0 Å². The molecule has 1 aliphatic heterocycles. The zero-order valence-electron chi connectivity index (χ0n) is 11.1. The molecule has 0 aromatic carbocycles. The van der Waals surface area contributed by atoms with Crippen LogP contribution in [0.2, 0.25) is 0 Å². The van der Waals surface area contributed by atoms with Crippen molar-refractivity contribution >= 4 is 22.1 Å². The third kappa shape index (κ3) is 2.69. The second-order valence-corrected chi connectivity index (χ2v) is 8.62. The Kier molecular flexibility index (Phi) is 3.44. The van der Waals surface area contributed by atoms with Crippen LogP contribution in [0.3, 0.4) is 0 Å². The Morgan fingerprint density at radius 3 is 2.67 bits per heavy atom. The molecule has 0 amide bonds. The molecule has 4 nitrogen and oxygen atoms in total. The van der Waals surface area contributed by atoms with Gasteiger partial charge in [0.15, 0.2) is 14.6 Å². The van der Waals surface area contributed by atoms with Gasteiger partial charge in [0.2, 0.25) is 0 Å². The summed E-state index contributed by atoms with van der Waals surface area (Å²) in [5, 5.41) is 0. The van der Waals surface area contributed by atoms with E-state index in [1.807, 2.05) is 10.8 Å². The Labute approximate surface area is 113 Å². The SMILES string of the molecule is CC(C)(C)c1c[nH]c(=S)n1C1CCCS(=O)(=O)C1. The molecule has 0 radical (unpaired) electrons. The number of H-pyrrole nitrogens is 1. The van der Waals surface area contributed by atoms with Crippen molar-refractivity contribution in [2.45, 2.75) is 45.1 Å². The molecule has 0 spiro atoms. The molecule has 0 aliphatic carbocycles. The first-order valence-electron chi connectivity index (χ1n) is 6.21. The Balaban J connectivity index is 2.45. The number of nitrogens with zero attached hydrogens (tertiary/aromatic N) is 1. The quantitative estimate of drug-likeness (QED) is 0.808. The maximum absolute atomic E-state index is 11.8. The molecule has 1 aromatic heterocycles. The van der Waals surface area contributed by atoms with Crippen LogP contribution in [0.25, 0.3) is 0 Å². The summed E-state index contributed by atoms with van der Waals surface area (Å²) < 4.78 is 26.2. The van der Waals surface area contributed by atoms with Crippen LogP contribution in [0.15, 0.2) is 6.20 Å². The Morgan fingerprint density at radius 1 is 1.44 bits per heavy atom. The zero-order valence-corrected chi connectivity index (χ0v) is 12.7. The predicted octanol–water partition coefficient (Wildman–Crippen LogP) is 2.59. The van der Waals surface area contributed by atoms with E-state index >= 15 is 0 Å². The lowest BCUT2D eigenvalue weighted by Gasteiger charge is -2.29. The summed E-state index contributed by atoms with van der Waals surface area (Å²) >= 11 is 5.31. The standard InChI is InChI=1S/C12H20N2O2S2/c1-12(2,3)10-7-13-11(17)14(10)9-5-4-6-18(15,16)8-9/h7,9H,4-6,8H2,1-3H3,(H,13,17). The molecule has 1 N–H and O–H groups in total. The average molecular weight is 288 g/mol. The number of nitrogens with one attached hydrogen (secondary N) is 1. The van der Waals surface area contributed by atoms with Crippen LogP contribution in [-0.2, 0) is 15.3 Å². The van der Waals surface area contributed by atoms with Crippen molar-refractivity contribution in [3.8, 4) is 0 Å². The van der Waals surface area contributed by atoms with Crippen LogP contribution in [-0.4, -0.2) is 29.5 Å². The van der Waals surface area contributed by atoms with Crippen LogP contribution in [0, 0.1) is 4.77 Å². The summed E-state index contributed by atoms with van der Waals surface area (Å²) in [4.78, 5) is 3.05. The molecule has 1 aromatic rings. The van der Waals surface area contributed by atoms with Gasteiger partial charge in [-0.25, -0.2) is 8.42 Å². The van der Waals surface area contributed by atoms with E-state index in [2.05, 4.69) is 25.8 Å². The summed E-state index contributed by atoms with van der Waals surface area (Å²) in [5.74, 6) is 0.522. The first-order valence-corrected chi connectivity index (χ1v) is 8.44. The number of rotatable bonds is 1. The third-order valence-electron chi connectivity index (χ3n) is 3.38. The molecule has 2 rings (SSSR count). The van der Waals surface area contributed by atoms with Crippen LogP contribution in [0.4, 0.5) is 0 Å². The molecule has 0 saturated carbocycles. The van der Waals surface area contributed by atoms with Gasteiger partial charge in [0.1, 0.15) is 0 Å². The maximum Gasteiger partial charge on any atom is 0.177 e. The molecule has 1 aliphatic rings. The maximum atomic E-state index is 11.8. The van der Waals surface area contributed by atoms with E-state index < -0.39 is 9.84 Å². The number of sulfone groups is 1. The van der Waals surface area contributed by atoms with E-state index in [9.17, 15) is 8.42 Å². The normalized spacial score (nSPS) is 24.1. The highest BCUT2D eigenvalue weighted by molar-refractivity contribution is 7.91. The number of hydrogen-bond acceptors (Lipinski definition) is 3. The fourth-order valence-corrected chi connectivity index (χ4v) is 4.50. The van der Waals surface area contributed by atoms with E-state index in [1.165, 1.54) is 0 Å². The summed E-state index contributed by atoms with van der Waals surface area (Å²) in [5.41, 5.74) is 1.03. The summed E-state index contributed by atoms with van der Waals surface area (Å²) in [7, 11) is -2.92. The van der Waals surface area contributed by atoms with E-state index in [-0.39, 0.29) is 17.2 Å². The van der Waals surface area contributed by atoms with Gasteiger partial charge in [-0.1, -0.05) is 20.8 Å². The van der Waals surface area contributed by atoms with Crippen molar-refractivity contribution in [1.29, 1.82) is 0 Å². The summed E-state index contributed by atoms with van der Waals surface area (Å²) in [6, 6.07) is -0.0169. The number of aromatic amines is 1. The zero-order chi connectivity index (χ0) is 13.6. The van der Waals surface area contributed by atoms with Gasteiger partial charge in [0, 0.05) is 17.3 Å². The Bertz CT molecular complexity index is 590. The van der Waals surface area contributed by atoms with Crippen molar-refractivity contribution in [2.24, 2.45) is 0 Å². The fraction of sp³-hybridized carbons (Fsp3) is 0.750. The van der Waals surface area contributed by atoms with Gasteiger partial charge in [0.05, 0.1) is 17.5 Å². The summed E-state index contributed by atoms with van der Waals surface area (Å²) in [6.45, 7) is 6.33. The van der Waals surface area contributed by atoms with E-state index in [0.29, 0.717) is 10.5 Å². The molecule has 1 unspecified atom stereocenters. The molecule has 1 atom stereocenters. The predicted molar refractivity (Wildman–Crippen MR) is 75.2 cm³/mol. The highest BCUT2D eigenvalue weighted by Crippen LogP contribution is 2.30. The van der Waals surface area contributed by atoms with Crippen LogP contribution in [0.5, 0.6) is 0 Å². The molecular weight excluding hydrogens is 268 g/mol. The van der Waals surface area contributed by atoms with Crippen LogP contribution >= 0.6 is 12.2 Å². The second-order valence-electron chi connectivity index (χ2n) is 6.01. The highest BCUT2D eigenvalue weighted by Gasteiger charge is 2.30. The van der Waals surface area contributed by atoms with Gasteiger partial charge in [-0.3, -0.25) is 0 Å². The number of aromatic nitrogens is 2. The largest absolute Gasteiger partial charge is 0.337 e. The molecule has 1 saturated heterocycles. The van der Waals surface area contributed by atoms with Gasteiger partial charge in [-0.15, -0.1) is 0 Å². The van der Waals surface area contributed by atoms with Gasteiger partial charge in [0.25, 0.3) is 0 Å². The first kappa shape index (κ1) is 13.8. The highest BCUT2D eigenvalue weighted by atomic mass is 32.2. The fourth-order valence-electron chi connectivity index (χ4n) is 2.52. The van der Waals surface area contributed by atoms with E-state index in [1.54, 1.807) is 0 Å². The minimum Gasteiger partial charge on any atom is -0.337 e. The topological polar surface area (TPSA) is 54.9 Å². The number of imidazole rings is 1. The molecular formula is C12H20N2O2S2. The van der Waals surface area contributed by atoms with Crippen LogP contribution in [0.1, 0.15) is 45.3 Å². The lowest BCUT2D eigenvalue weighted by atomic mass is 9.92. The monoisotopic (exact) mass is 288 g/mol. The third-order valence-corrected chi connectivity index (χ3v) is 5.50.